The second-order valence-corrected chi connectivity index (χ2v) is 34.0. The smallest absolute Gasteiger partial charge is 0.124 e. The molecule has 2 aliphatic rings. The molecule has 139 heavy (non-hydrogen) atoms. The first kappa shape index (κ1) is 96.7. The van der Waals surface area contributed by atoms with Gasteiger partial charge in [-0.2, -0.15) is 25.5 Å². The summed E-state index contributed by atoms with van der Waals surface area (Å²) in [6.07, 6.45) is 32.4. The van der Waals surface area contributed by atoms with E-state index in [9.17, 15) is 0 Å². The maximum atomic E-state index is 6.25. The minimum absolute atomic E-state index is 0.242. The molecular weight excluding hydrogens is 1760 g/mol. The molecule has 2 aliphatic heterocycles. The molecule has 35 nitrogen and oxygen atoms in total. The van der Waals surface area contributed by atoms with Crippen molar-refractivity contribution in [2.45, 2.75) is 57.2 Å². The molecule has 8 aromatic carbocycles. The Bertz CT molecular complexity index is 6850. The first-order chi connectivity index (χ1) is 67.8. The van der Waals surface area contributed by atoms with Crippen LogP contribution in [0.3, 0.4) is 0 Å². The third-order valence-electron chi connectivity index (χ3n) is 24.6. The van der Waals surface area contributed by atoms with Crippen molar-refractivity contribution in [2.24, 2.45) is 39.7 Å². The topological polar surface area (TPSA) is 347 Å². The number of hydrogen-bond donors (Lipinski definition) is 2. The van der Waals surface area contributed by atoms with Crippen LogP contribution in [-0.2, 0) is 39.5 Å². The van der Waals surface area contributed by atoms with Crippen LogP contribution >= 0.6 is 0 Å². The third-order valence-corrected chi connectivity index (χ3v) is 24.6. The van der Waals surface area contributed by atoms with Crippen LogP contribution in [0.1, 0.15) is 38.5 Å². The highest BCUT2D eigenvalue weighted by atomic mass is 16.5. The Morgan fingerprint density at radius 3 is 0.928 bits per heavy atom. The summed E-state index contributed by atoms with van der Waals surface area (Å²) in [6, 6.07) is 50.5. The molecule has 0 spiro atoms. The van der Waals surface area contributed by atoms with Crippen molar-refractivity contribution in [3.05, 3.63) is 238 Å². The van der Waals surface area contributed by atoms with Crippen LogP contribution in [-0.4, -0.2) is 247 Å². The van der Waals surface area contributed by atoms with Gasteiger partial charge >= 0.3 is 0 Å². The van der Waals surface area contributed by atoms with E-state index in [4.69, 9.17) is 74.0 Å². The first-order valence-electron chi connectivity index (χ1n) is 46.3. The average molecular weight is 1880 g/mol. The quantitative estimate of drug-likeness (QED) is 0.0354. The predicted octanol–water partition coefficient (Wildman–Crippen LogP) is 15.9. The molecule has 2 saturated heterocycles. The van der Waals surface area contributed by atoms with E-state index in [0.717, 1.165) is 278 Å². The fraction of sp³-hybridized carbons (Fsp3) is 0.317. The summed E-state index contributed by atoms with van der Waals surface area (Å²) in [5.41, 5.74) is 33.5. The van der Waals surface area contributed by atoms with E-state index in [1.807, 2.05) is 167 Å². The van der Waals surface area contributed by atoms with Crippen molar-refractivity contribution in [2.75, 3.05) is 156 Å². The van der Waals surface area contributed by atoms with Crippen LogP contribution < -0.4 is 69.0 Å². The SMILES string of the molecule is COc1cc(OC)cc(N(CCCCN)c2ccc3ncc(-c4cnn(C)c4)nc3c2)c1.COc1cc(OC)cc(N(CCN2CCC(OC)CC2)c2ccc3ncc(-c4cnn(C)c4)nc3c2)c1.COc1cc(OC)cc(N(CCN2CCCC(N)C2)c2ccc3ncc(-c4cnn(C)c4)nc3c2)c1.COc1cc(OC)cc(N(CCn2cccn2)c2ccc3ncc(-c4cnn(C)c4)nc3c2)c1. The Balaban J connectivity index is 0.000000134. The van der Waals surface area contributed by atoms with Crippen LogP contribution in [0.2, 0.25) is 0 Å². The zero-order valence-electron chi connectivity index (χ0n) is 81.0. The summed E-state index contributed by atoms with van der Waals surface area (Å²) in [5, 5.41) is 21.4. The molecule has 9 aromatic heterocycles. The van der Waals surface area contributed by atoms with Gasteiger partial charge in [-0.1, -0.05) is 0 Å². The highest BCUT2D eigenvalue weighted by Crippen LogP contribution is 2.41. The Hall–Kier alpha value is -15.4. The van der Waals surface area contributed by atoms with Crippen molar-refractivity contribution in [1.82, 2.24) is 98.6 Å². The molecule has 11 heterocycles. The number of benzene rings is 8. The molecule has 0 aliphatic carbocycles. The standard InChI is InChI=1S/C28H34N6O3.C27H33N7O2.C25H25N7O2.C24H28N6O2/c1-32-19-20(17-30-32)28-18-29-26-6-5-21(15-27(26)31-28)34(12-11-33-9-7-23(35-2)8-10-33)22-13-24(36-3)16-25(14-22)37-4;1-32-17-19(15-30-32)27-16-29-25-7-6-21(13-26(25)31-27)34(10-9-33-8-4-5-20(28)18-33)22-11-23(35-2)14-24(12-22)36-3;1-30-17-18(15-28-30)25-16-26-23-6-5-19(13-24(23)29-25)32(10-9-31-8-4-7-27-31)20-11-21(33-2)14-22(12-20)34-3;1-29-16-17(14-27-29)24-15-26-22-7-6-18(12-23(22)28-24)30(9-5-4-8-25)19-10-20(31-2)13-21(11-19)32-3/h5-6,13-19,23H,7-12H2,1-4H3;6-7,11-17,20H,4-5,8-10,18,28H2,1-3H3;4-8,11-17H,9-10H2,1-3H3;6-7,10-16H,4-5,8-9,25H2,1-3H3. The van der Waals surface area contributed by atoms with Crippen molar-refractivity contribution in [3.63, 3.8) is 0 Å². The van der Waals surface area contributed by atoms with Crippen molar-refractivity contribution in [3.8, 4) is 91.0 Å². The molecule has 0 amide bonds. The van der Waals surface area contributed by atoms with Gasteiger partial charge in [0.1, 0.15) is 46.0 Å². The number of nitrogens with zero attached hydrogens (tertiary/aromatic N) is 24. The lowest BCUT2D eigenvalue weighted by molar-refractivity contribution is 0.0421. The normalized spacial score (nSPS) is 13.4. The fourth-order valence-corrected chi connectivity index (χ4v) is 17.1. The summed E-state index contributed by atoms with van der Waals surface area (Å²) in [7, 11) is 22.7. The van der Waals surface area contributed by atoms with Gasteiger partial charge in [0, 0.05) is 278 Å². The number of ether oxygens (including phenoxy) is 9. The molecule has 720 valence electrons. The minimum atomic E-state index is 0.242. The highest BCUT2D eigenvalue weighted by molar-refractivity contribution is 5.87. The van der Waals surface area contributed by atoms with Gasteiger partial charge in [0.15, 0.2) is 0 Å². The van der Waals surface area contributed by atoms with Crippen LogP contribution in [0.25, 0.3) is 89.2 Å². The number of unbranched alkanes of at least 4 members (excludes halogenated alkanes) is 1. The number of nitrogens with two attached hydrogens (primary N) is 2. The molecule has 1 unspecified atom stereocenters. The van der Waals surface area contributed by atoms with E-state index in [-0.39, 0.29) is 6.04 Å². The maximum Gasteiger partial charge on any atom is 0.124 e. The van der Waals surface area contributed by atoms with E-state index >= 15 is 0 Å². The van der Waals surface area contributed by atoms with Gasteiger partial charge in [-0.3, -0.25) is 43.3 Å². The molecule has 0 radical (unpaired) electrons. The second kappa shape index (κ2) is 45.9. The minimum Gasteiger partial charge on any atom is -0.497 e. The molecule has 19 rings (SSSR count). The first-order valence-corrected chi connectivity index (χ1v) is 46.3. The molecule has 17 aromatic rings. The summed E-state index contributed by atoms with van der Waals surface area (Å²) >= 11 is 0. The molecule has 1 atom stereocenters. The molecule has 4 N–H and O–H groups in total. The lowest BCUT2D eigenvalue weighted by Gasteiger charge is -2.34. The maximum absolute atomic E-state index is 6.25. The largest absolute Gasteiger partial charge is 0.497 e. The lowest BCUT2D eigenvalue weighted by Crippen LogP contribution is -2.45. The van der Waals surface area contributed by atoms with Crippen molar-refractivity contribution < 1.29 is 42.6 Å². The molecule has 0 bridgehead atoms. The van der Waals surface area contributed by atoms with Gasteiger partial charge in [-0.25, -0.2) is 19.9 Å². The summed E-state index contributed by atoms with van der Waals surface area (Å²) in [5.74, 6) is 5.91. The van der Waals surface area contributed by atoms with E-state index in [1.165, 1.54) is 0 Å². The molecule has 2 fully saturated rings. The summed E-state index contributed by atoms with van der Waals surface area (Å²) in [4.78, 5) is 52.0. The van der Waals surface area contributed by atoms with Crippen LogP contribution in [0.15, 0.2) is 238 Å². The zero-order chi connectivity index (χ0) is 96.8. The number of aromatic nitrogens is 18. The lowest BCUT2D eigenvalue weighted by atomic mass is 10.1. The fourth-order valence-electron chi connectivity index (χ4n) is 17.1. The zero-order valence-corrected chi connectivity index (χ0v) is 81.0. The number of anilines is 8. The predicted molar refractivity (Wildman–Crippen MR) is 544 cm³/mol. The van der Waals surface area contributed by atoms with Crippen LogP contribution in [0.4, 0.5) is 45.5 Å². The Labute approximate surface area is 808 Å². The van der Waals surface area contributed by atoms with Crippen molar-refractivity contribution >= 4 is 89.6 Å². The van der Waals surface area contributed by atoms with Crippen LogP contribution in [0, 0.1) is 0 Å². The van der Waals surface area contributed by atoms with E-state index in [1.54, 1.807) is 138 Å². The van der Waals surface area contributed by atoms with Gasteiger partial charge in [0.2, 0.25) is 0 Å². The second-order valence-electron chi connectivity index (χ2n) is 34.0. The summed E-state index contributed by atoms with van der Waals surface area (Å²) in [6.45, 7) is 10.3. The monoisotopic (exact) mass is 1880 g/mol. The summed E-state index contributed by atoms with van der Waals surface area (Å²) < 4.78 is 58.8. The Kier molecular flexibility index (Phi) is 32.0. The number of methoxy groups -OCH3 is 9. The number of fused-ring (bicyclic) bond motifs is 4. The molecule has 0 saturated carbocycles. The van der Waals surface area contributed by atoms with Crippen molar-refractivity contribution in [1.29, 1.82) is 0 Å². The number of hydrogen-bond acceptors (Lipinski definition) is 30. The molecular formula is C104H120N26O9. The Morgan fingerprint density at radius 2 is 0.647 bits per heavy atom. The number of rotatable bonds is 34. The number of likely N-dealkylation sites (tertiary alicyclic amines) is 2. The number of piperidine rings is 2. The Morgan fingerprint density at radius 1 is 0.331 bits per heavy atom. The van der Waals surface area contributed by atoms with Gasteiger partial charge in [0.05, 0.1) is 186 Å². The average Bonchev–Trinajstić information content (AvgIpc) is 1.74. The molecule has 35 heteroatoms. The van der Waals surface area contributed by atoms with E-state index in [0.29, 0.717) is 25.7 Å². The van der Waals surface area contributed by atoms with Crippen LogP contribution in [0.5, 0.6) is 46.0 Å². The third kappa shape index (κ3) is 24.5. The highest BCUT2D eigenvalue weighted by Gasteiger charge is 2.26. The number of aryl methyl sites for hydroxylation is 4. The van der Waals surface area contributed by atoms with Gasteiger partial charge < -0.3 is 83.5 Å². The van der Waals surface area contributed by atoms with E-state index in [2.05, 4.69) is 123 Å². The van der Waals surface area contributed by atoms with Gasteiger partial charge in [-0.05, 0) is 130 Å². The van der Waals surface area contributed by atoms with Gasteiger partial charge in [-0.15, -0.1) is 0 Å². The van der Waals surface area contributed by atoms with E-state index < -0.39 is 0 Å². The van der Waals surface area contributed by atoms with Gasteiger partial charge in [0.25, 0.3) is 0 Å².